The molecule has 0 saturated carbocycles. The first kappa shape index (κ1) is 18.5. The summed E-state index contributed by atoms with van der Waals surface area (Å²) in [6.45, 7) is 5.11. The monoisotopic (exact) mass is 364 g/mol. The van der Waals surface area contributed by atoms with Crippen LogP contribution < -0.4 is 0 Å². The maximum Gasteiger partial charge on any atom is 0.240 e. The van der Waals surface area contributed by atoms with Gasteiger partial charge in [0, 0.05) is 19.1 Å². The molecular formula is C24H32N2O. The third kappa shape index (κ3) is 4.03. The number of likely N-dealkylation sites (tertiary alicyclic amines) is 2. The molecule has 2 fully saturated rings. The third-order valence-electron chi connectivity index (χ3n) is 6.65. The summed E-state index contributed by atoms with van der Waals surface area (Å²) in [4.78, 5) is 18.1. The van der Waals surface area contributed by atoms with Crippen LogP contribution in [0.2, 0.25) is 0 Å². The second-order valence-electron chi connectivity index (χ2n) is 8.29. The zero-order valence-corrected chi connectivity index (χ0v) is 16.5. The lowest BCUT2D eigenvalue weighted by Gasteiger charge is -2.35. The van der Waals surface area contributed by atoms with Crippen molar-refractivity contribution in [1.82, 2.24) is 9.80 Å². The minimum atomic E-state index is 0.0782. The summed E-state index contributed by atoms with van der Waals surface area (Å²) < 4.78 is 0. The van der Waals surface area contributed by atoms with Crippen molar-refractivity contribution in [3.05, 3.63) is 59.7 Å². The molecule has 1 aromatic carbocycles. The van der Waals surface area contributed by atoms with E-state index in [0.29, 0.717) is 17.9 Å². The minimum Gasteiger partial charge on any atom is -0.341 e. The van der Waals surface area contributed by atoms with Crippen LogP contribution >= 0.6 is 0 Å². The predicted octanol–water partition coefficient (Wildman–Crippen LogP) is 4.21. The molecule has 0 radical (unpaired) electrons. The van der Waals surface area contributed by atoms with Crippen molar-refractivity contribution in [1.29, 1.82) is 0 Å². The number of fused-ring (bicyclic) bond motifs is 1. The highest BCUT2D eigenvalue weighted by Crippen LogP contribution is 2.35. The number of allylic oxidation sites excluding steroid dienone is 2. The quantitative estimate of drug-likeness (QED) is 0.781. The van der Waals surface area contributed by atoms with Crippen molar-refractivity contribution < 1.29 is 4.79 Å². The molecular weight excluding hydrogens is 332 g/mol. The molecule has 0 N–H and O–H groups in total. The lowest BCUT2D eigenvalue weighted by atomic mass is 9.94. The molecule has 144 valence electrons. The fraction of sp³-hybridized carbons (Fsp3) is 0.542. The topological polar surface area (TPSA) is 23.6 Å². The van der Waals surface area contributed by atoms with Gasteiger partial charge in [0.05, 0.1) is 6.04 Å². The molecule has 2 saturated heterocycles. The molecule has 1 amide bonds. The van der Waals surface area contributed by atoms with E-state index in [1.807, 2.05) is 0 Å². The van der Waals surface area contributed by atoms with Crippen molar-refractivity contribution in [2.45, 2.75) is 57.5 Å². The number of nitrogens with zero attached hydrogens (tertiary/aromatic N) is 2. The zero-order valence-electron chi connectivity index (χ0n) is 16.5. The molecule has 0 spiro atoms. The number of amides is 1. The van der Waals surface area contributed by atoms with Crippen LogP contribution in [0, 0.1) is 5.92 Å². The predicted molar refractivity (Wildman–Crippen MR) is 110 cm³/mol. The average molecular weight is 365 g/mol. The van der Waals surface area contributed by atoms with Crippen LogP contribution in [-0.4, -0.2) is 47.4 Å². The van der Waals surface area contributed by atoms with Crippen LogP contribution in [0.25, 0.3) is 0 Å². The first-order valence-corrected chi connectivity index (χ1v) is 10.7. The largest absolute Gasteiger partial charge is 0.341 e. The van der Waals surface area contributed by atoms with Crippen LogP contribution in [0.15, 0.2) is 54.1 Å². The summed E-state index contributed by atoms with van der Waals surface area (Å²) in [5.74, 6) is 0.910. The Labute approximate surface area is 163 Å². The highest BCUT2D eigenvalue weighted by atomic mass is 16.2. The van der Waals surface area contributed by atoms with Crippen LogP contribution in [0.3, 0.4) is 0 Å². The average Bonchev–Trinajstić information content (AvgIpc) is 3.08. The second kappa shape index (κ2) is 8.43. The van der Waals surface area contributed by atoms with Crippen molar-refractivity contribution in [2.24, 2.45) is 5.92 Å². The standard InChI is InChI=1S/C24H32N2O/c1-19(21-11-6-3-7-12-21)26-18-15-22-13-8-16-25(24(27)23(22)26)17-14-20-9-4-2-5-10-20/h2,4-6,9-12,19,22-23H,3,7-8,13-18H2,1H3/t19-,22?,23-/m0/s1. The van der Waals surface area contributed by atoms with Gasteiger partial charge in [0.2, 0.25) is 5.91 Å². The molecule has 27 heavy (non-hydrogen) atoms. The number of benzene rings is 1. The number of hydrogen-bond donors (Lipinski definition) is 0. The Balaban J connectivity index is 1.47. The van der Waals surface area contributed by atoms with Gasteiger partial charge in [-0.2, -0.15) is 0 Å². The van der Waals surface area contributed by atoms with Gasteiger partial charge in [0.1, 0.15) is 0 Å². The van der Waals surface area contributed by atoms with E-state index in [4.69, 9.17) is 0 Å². The molecule has 0 aromatic heterocycles. The molecule has 3 atom stereocenters. The molecule has 1 aliphatic carbocycles. The van der Waals surface area contributed by atoms with Gasteiger partial charge in [0.25, 0.3) is 0 Å². The van der Waals surface area contributed by atoms with Crippen molar-refractivity contribution >= 4 is 5.91 Å². The van der Waals surface area contributed by atoms with E-state index >= 15 is 0 Å². The number of rotatable bonds is 5. The van der Waals surface area contributed by atoms with Gasteiger partial charge in [-0.15, -0.1) is 0 Å². The maximum absolute atomic E-state index is 13.5. The Kier molecular flexibility index (Phi) is 5.77. The van der Waals surface area contributed by atoms with Gasteiger partial charge in [-0.3, -0.25) is 9.69 Å². The van der Waals surface area contributed by atoms with Crippen molar-refractivity contribution in [3.8, 4) is 0 Å². The highest BCUT2D eigenvalue weighted by molar-refractivity contribution is 5.83. The Morgan fingerprint density at radius 1 is 1.11 bits per heavy atom. The Hall–Kier alpha value is -1.87. The van der Waals surface area contributed by atoms with Gasteiger partial charge in [-0.05, 0) is 69.0 Å². The van der Waals surface area contributed by atoms with E-state index in [0.717, 1.165) is 45.3 Å². The summed E-state index contributed by atoms with van der Waals surface area (Å²) >= 11 is 0. The van der Waals surface area contributed by atoms with E-state index in [2.05, 4.69) is 65.3 Å². The summed E-state index contributed by atoms with van der Waals surface area (Å²) in [5.41, 5.74) is 2.72. The fourth-order valence-electron chi connectivity index (χ4n) is 5.07. The number of hydrogen-bond acceptors (Lipinski definition) is 2. The van der Waals surface area contributed by atoms with E-state index in [9.17, 15) is 4.79 Å². The van der Waals surface area contributed by atoms with Crippen molar-refractivity contribution in [2.75, 3.05) is 19.6 Å². The van der Waals surface area contributed by atoms with Gasteiger partial charge in [-0.1, -0.05) is 48.6 Å². The number of carbonyl (C=O) groups is 1. The highest BCUT2D eigenvalue weighted by Gasteiger charge is 2.44. The first-order valence-electron chi connectivity index (χ1n) is 10.7. The molecule has 3 heteroatoms. The van der Waals surface area contributed by atoms with Crippen LogP contribution in [-0.2, 0) is 11.2 Å². The lowest BCUT2D eigenvalue weighted by molar-refractivity contribution is -0.136. The van der Waals surface area contributed by atoms with Crippen LogP contribution in [0.4, 0.5) is 0 Å². The molecule has 3 aliphatic rings. The van der Waals surface area contributed by atoms with Gasteiger partial charge >= 0.3 is 0 Å². The van der Waals surface area contributed by atoms with Gasteiger partial charge < -0.3 is 4.90 Å². The summed E-state index contributed by atoms with van der Waals surface area (Å²) in [6, 6.07) is 11.0. The Morgan fingerprint density at radius 3 is 2.74 bits per heavy atom. The lowest BCUT2D eigenvalue weighted by Crippen LogP contribution is -2.50. The van der Waals surface area contributed by atoms with Gasteiger partial charge in [-0.25, -0.2) is 0 Å². The fourth-order valence-corrected chi connectivity index (χ4v) is 5.07. The van der Waals surface area contributed by atoms with Crippen molar-refractivity contribution in [3.63, 3.8) is 0 Å². The van der Waals surface area contributed by atoms with Crippen LogP contribution in [0.5, 0.6) is 0 Å². The minimum absolute atomic E-state index is 0.0782. The SMILES string of the molecule is C[C@@H](C1=CCCC=C1)N1CCC2CCCN(CCc3ccccc3)C(=O)[C@H]21. The van der Waals surface area contributed by atoms with Gasteiger partial charge in [0.15, 0.2) is 0 Å². The molecule has 4 rings (SSSR count). The normalized spacial score (nSPS) is 27.2. The smallest absolute Gasteiger partial charge is 0.240 e. The van der Waals surface area contributed by atoms with Crippen LogP contribution in [0.1, 0.15) is 44.6 Å². The third-order valence-corrected chi connectivity index (χ3v) is 6.65. The first-order chi connectivity index (χ1) is 13.2. The van der Waals surface area contributed by atoms with E-state index in [-0.39, 0.29) is 6.04 Å². The molecule has 1 aromatic rings. The van der Waals surface area contributed by atoms with E-state index in [1.54, 1.807) is 0 Å². The Bertz CT molecular complexity index is 708. The zero-order chi connectivity index (χ0) is 18.6. The summed E-state index contributed by atoms with van der Waals surface area (Å²) in [6.07, 6.45) is 13.7. The molecule has 2 heterocycles. The maximum atomic E-state index is 13.5. The molecule has 2 aliphatic heterocycles. The summed E-state index contributed by atoms with van der Waals surface area (Å²) in [7, 11) is 0. The van der Waals surface area contributed by atoms with E-state index < -0.39 is 0 Å². The molecule has 0 bridgehead atoms. The second-order valence-corrected chi connectivity index (χ2v) is 8.29. The number of carbonyl (C=O) groups excluding carboxylic acids is 1. The molecule has 1 unspecified atom stereocenters. The Morgan fingerprint density at radius 2 is 1.96 bits per heavy atom. The summed E-state index contributed by atoms with van der Waals surface area (Å²) in [5, 5.41) is 0. The molecule has 3 nitrogen and oxygen atoms in total. The van der Waals surface area contributed by atoms with E-state index in [1.165, 1.54) is 24.0 Å².